The minimum atomic E-state index is -0.243. The molecule has 2 N–H and O–H groups in total. The summed E-state index contributed by atoms with van der Waals surface area (Å²) in [4.78, 5) is 27.7. The Morgan fingerprint density at radius 3 is 2.47 bits per heavy atom. The number of unbranched alkanes of at least 4 members (excludes halogenated alkanes) is 2. The van der Waals surface area contributed by atoms with Crippen LogP contribution in [0.3, 0.4) is 0 Å². The van der Waals surface area contributed by atoms with Gasteiger partial charge in [0.05, 0.1) is 22.6 Å². The van der Waals surface area contributed by atoms with Crippen LogP contribution < -0.4 is 15.5 Å². The number of hydrogen-bond acceptors (Lipinski definition) is 3. The topological polar surface area (TPSA) is 61.4 Å². The van der Waals surface area contributed by atoms with E-state index in [0.717, 1.165) is 45.2 Å². The number of fused-ring (bicyclic) bond motifs is 2. The van der Waals surface area contributed by atoms with Gasteiger partial charge in [0, 0.05) is 11.4 Å². The third kappa shape index (κ3) is 6.04. The second kappa shape index (κ2) is 11.8. The fourth-order valence-electron chi connectivity index (χ4n) is 4.25. The molecule has 34 heavy (non-hydrogen) atoms. The normalized spacial score (nSPS) is 12.5. The highest BCUT2D eigenvalue weighted by atomic mass is 35.5. The third-order valence-corrected chi connectivity index (χ3v) is 6.23. The van der Waals surface area contributed by atoms with E-state index in [1.807, 2.05) is 18.2 Å². The molecule has 0 bridgehead atoms. The minimum Gasteiger partial charge on any atom is -0.320 e. The Hall–Kier alpha value is -3.15. The molecule has 0 radical (unpaired) electrons. The van der Waals surface area contributed by atoms with Gasteiger partial charge in [-0.15, -0.1) is 0 Å². The van der Waals surface area contributed by atoms with Crippen molar-refractivity contribution in [3.05, 3.63) is 88.9 Å². The van der Waals surface area contributed by atoms with Crippen molar-refractivity contribution in [3.63, 3.8) is 0 Å². The summed E-state index contributed by atoms with van der Waals surface area (Å²) < 4.78 is 0. The second-order valence-corrected chi connectivity index (χ2v) is 8.95. The Morgan fingerprint density at radius 2 is 1.62 bits per heavy atom. The molecule has 0 saturated carbocycles. The number of amides is 2. The standard InChI is InChI=1S/C28H30ClN3O2/c29-22-16-17-26-24(20-22)31-28(34)23-13-6-7-14-25(23)32(26)27(33)15-5-2-8-18-30-19-9-12-21-10-3-1-4-11-21/h1,3-4,6-7,10-11,13-14,16-17,20,30H,2,5,8-9,12,15,18-19H2,(H,31,34). The van der Waals surface area contributed by atoms with Crippen LogP contribution in [0.1, 0.15) is 48.0 Å². The van der Waals surface area contributed by atoms with E-state index in [1.54, 1.807) is 35.2 Å². The van der Waals surface area contributed by atoms with Gasteiger partial charge in [-0.1, -0.05) is 60.5 Å². The van der Waals surface area contributed by atoms with Crippen LogP contribution >= 0.6 is 11.6 Å². The zero-order valence-corrected chi connectivity index (χ0v) is 20.0. The van der Waals surface area contributed by atoms with Crippen LogP contribution in [0.15, 0.2) is 72.8 Å². The summed E-state index contributed by atoms with van der Waals surface area (Å²) in [6.45, 7) is 1.95. The number of benzene rings is 3. The van der Waals surface area contributed by atoms with Gasteiger partial charge >= 0.3 is 0 Å². The van der Waals surface area contributed by atoms with E-state index in [1.165, 1.54) is 5.56 Å². The van der Waals surface area contributed by atoms with Gasteiger partial charge < -0.3 is 10.6 Å². The zero-order valence-electron chi connectivity index (χ0n) is 19.2. The van der Waals surface area contributed by atoms with Gasteiger partial charge in [0.2, 0.25) is 5.91 Å². The first-order valence-electron chi connectivity index (χ1n) is 11.9. The third-order valence-electron chi connectivity index (χ3n) is 5.99. The number of anilines is 3. The molecule has 0 aliphatic carbocycles. The van der Waals surface area contributed by atoms with Crippen LogP contribution in [0.4, 0.5) is 17.1 Å². The molecule has 0 fully saturated rings. The van der Waals surface area contributed by atoms with Crippen molar-refractivity contribution in [1.29, 1.82) is 0 Å². The summed E-state index contributed by atoms with van der Waals surface area (Å²) in [7, 11) is 0. The van der Waals surface area contributed by atoms with Crippen molar-refractivity contribution >= 4 is 40.5 Å². The predicted molar refractivity (Wildman–Crippen MR) is 139 cm³/mol. The number of carbonyl (C=O) groups is 2. The molecule has 0 atom stereocenters. The lowest BCUT2D eigenvalue weighted by molar-refractivity contribution is -0.118. The number of nitrogens with zero attached hydrogens (tertiary/aromatic N) is 1. The average Bonchev–Trinajstić information content (AvgIpc) is 2.97. The number of hydrogen-bond donors (Lipinski definition) is 2. The number of halogens is 1. The maximum Gasteiger partial charge on any atom is 0.257 e. The lowest BCUT2D eigenvalue weighted by Crippen LogP contribution is -2.26. The smallest absolute Gasteiger partial charge is 0.257 e. The fraction of sp³-hybridized carbons (Fsp3) is 0.286. The highest BCUT2D eigenvalue weighted by Crippen LogP contribution is 2.39. The van der Waals surface area contributed by atoms with E-state index in [9.17, 15) is 9.59 Å². The van der Waals surface area contributed by atoms with Gasteiger partial charge in [-0.3, -0.25) is 14.5 Å². The van der Waals surface area contributed by atoms with E-state index in [4.69, 9.17) is 11.6 Å². The molecule has 6 heteroatoms. The summed E-state index contributed by atoms with van der Waals surface area (Å²) in [5.74, 6) is -0.268. The fourth-order valence-corrected chi connectivity index (χ4v) is 4.43. The summed E-state index contributed by atoms with van der Waals surface area (Å²) >= 11 is 6.15. The molecule has 3 aromatic rings. The van der Waals surface area contributed by atoms with Crippen molar-refractivity contribution in [1.82, 2.24) is 5.32 Å². The van der Waals surface area contributed by atoms with Crippen LogP contribution in [0, 0.1) is 0 Å². The Bertz CT molecular complexity index is 1130. The van der Waals surface area contributed by atoms with Gasteiger partial charge in [-0.2, -0.15) is 0 Å². The molecule has 176 valence electrons. The molecule has 0 saturated heterocycles. The van der Waals surface area contributed by atoms with Crippen molar-refractivity contribution in [2.24, 2.45) is 0 Å². The second-order valence-electron chi connectivity index (χ2n) is 8.51. The van der Waals surface area contributed by atoms with Crippen LogP contribution in [0.2, 0.25) is 5.02 Å². The van der Waals surface area contributed by atoms with E-state index in [-0.39, 0.29) is 11.8 Å². The Kier molecular flexibility index (Phi) is 8.34. The zero-order chi connectivity index (χ0) is 23.8. The summed E-state index contributed by atoms with van der Waals surface area (Å²) in [6.07, 6.45) is 5.42. The molecule has 1 aliphatic rings. The number of carbonyl (C=O) groups excluding carboxylic acids is 2. The molecule has 3 aromatic carbocycles. The first-order valence-corrected chi connectivity index (χ1v) is 12.3. The molecule has 4 rings (SSSR count). The number of rotatable bonds is 10. The van der Waals surface area contributed by atoms with Crippen LogP contribution in [-0.2, 0) is 11.2 Å². The number of para-hydroxylation sites is 1. The minimum absolute atomic E-state index is 0.0247. The molecule has 0 aromatic heterocycles. The van der Waals surface area contributed by atoms with E-state index in [0.29, 0.717) is 34.1 Å². The van der Waals surface area contributed by atoms with Crippen molar-refractivity contribution in [3.8, 4) is 0 Å². The lowest BCUT2D eigenvalue weighted by atomic mass is 10.1. The van der Waals surface area contributed by atoms with Crippen molar-refractivity contribution in [2.45, 2.75) is 38.5 Å². The van der Waals surface area contributed by atoms with E-state index in [2.05, 4.69) is 34.9 Å². The number of aryl methyl sites for hydroxylation is 1. The molecule has 1 aliphatic heterocycles. The Labute approximate surface area is 206 Å². The molecular formula is C28H30ClN3O2. The van der Waals surface area contributed by atoms with Gasteiger partial charge in [-0.05, 0) is 74.7 Å². The Balaban J connectivity index is 1.27. The van der Waals surface area contributed by atoms with E-state index < -0.39 is 0 Å². The van der Waals surface area contributed by atoms with Crippen LogP contribution in [-0.4, -0.2) is 24.9 Å². The maximum absolute atomic E-state index is 13.3. The first kappa shape index (κ1) is 24.0. The predicted octanol–water partition coefficient (Wildman–Crippen LogP) is 6.35. The maximum atomic E-state index is 13.3. The highest BCUT2D eigenvalue weighted by Gasteiger charge is 2.28. The van der Waals surface area contributed by atoms with Gasteiger partial charge in [-0.25, -0.2) is 0 Å². The van der Waals surface area contributed by atoms with E-state index >= 15 is 0 Å². The Morgan fingerprint density at radius 1 is 0.853 bits per heavy atom. The lowest BCUT2D eigenvalue weighted by Gasteiger charge is -2.24. The SMILES string of the molecule is O=C1Nc2cc(Cl)ccc2N(C(=O)CCCCCNCCCc2ccccc2)c2ccccc21. The summed E-state index contributed by atoms with van der Waals surface area (Å²) in [5.41, 5.74) is 3.64. The first-order chi connectivity index (χ1) is 16.6. The highest BCUT2D eigenvalue weighted by molar-refractivity contribution is 6.31. The quantitative estimate of drug-likeness (QED) is 0.336. The average molecular weight is 476 g/mol. The summed E-state index contributed by atoms with van der Waals surface area (Å²) in [5, 5.41) is 6.90. The van der Waals surface area contributed by atoms with Crippen molar-refractivity contribution < 1.29 is 9.59 Å². The van der Waals surface area contributed by atoms with Crippen molar-refractivity contribution in [2.75, 3.05) is 23.3 Å². The molecule has 1 heterocycles. The molecule has 0 unspecified atom stereocenters. The van der Waals surface area contributed by atoms with Gasteiger partial charge in [0.1, 0.15) is 0 Å². The number of nitrogens with one attached hydrogen (secondary N) is 2. The largest absolute Gasteiger partial charge is 0.320 e. The van der Waals surface area contributed by atoms with Gasteiger partial charge in [0.15, 0.2) is 0 Å². The van der Waals surface area contributed by atoms with Crippen LogP contribution in [0.25, 0.3) is 0 Å². The molecule has 0 spiro atoms. The monoisotopic (exact) mass is 475 g/mol. The summed E-state index contributed by atoms with van der Waals surface area (Å²) in [6, 6.07) is 22.9. The molecule has 5 nitrogen and oxygen atoms in total. The molecule has 2 amide bonds. The molecular weight excluding hydrogens is 446 g/mol. The van der Waals surface area contributed by atoms with Gasteiger partial charge in [0.25, 0.3) is 5.91 Å². The van der Waals surface area contributed by atoms with Crippen LogP contribution in [0.5, 0.6) is 0 Å².